The summed E-state index contributed by atoms with van der Waals surface area (Å²) in [6.07, 6.45) is 2.07. The second kappa shape index (κ2) is 5.71. The maximum Gasteiger partial charge on any atom is 0.320 e. The second-order valence-corrected chi connectivity index (χ2v) is 7.12. The summed E-state index contributed by atoms with van der Waals surface area (Å²) >= 11 is 1.76. The topological polar surface area (TPSA) is 60.9 Å². The fraction of sp³-hybridized carbons (Fsp3) is 0.846. The van der Waals surface area contributed by atoms with Gasteiger partial charge in [-0.15, -0.1) is 11.8 Å². The van der Waals surface area contributed by atoms with Gasteiger partial charge in [0.05, 0.1) is 4.75 Å². The van der Waals surface area contributed by atoms with Crippen LogP contribution in [0.3, 0.4) is 0 Å². The van der Waals surface area contributed by atoms with Crippen LogP contribution in [-0.2, 0) is 9.59 Å². The van der Waals surface area contributed by atoms with Gasteiger partial charge in [-0.3, -0.25) is 14.5 Å². The zero-order valence-corrected chi connectivity index (χ0v) is 12.4. The Labute approximate surface area is 118 Å². The predicted octanol–water partition coefficient (Wildman–Crippen LogP) is 0.889. The average Bonchev–Trinajstić information content (AvgIpc) is 2.85. The number of hydrogen-bond acceptors (Lipinski definition) is 4. The Morgan fingerprint density at radius 1 is 1.26 bits per heavy atom. The highest BCUT2D eigenvalue weighted by Crippen LogP contribution is 2.39. The highest BCUT2D eigenvalue weighted by atomic mass is 32.2. The van der Waals surface area contributed by atoms with E-state index in [2.05, 4.69) is 0 Å². The summed E-state index contributed by atoms with van der Waals surface area (Å²) in [7, 11) is 0. The Hall–Kier alpha value is -0.750. The lowest BCUT2D eigenvalue weighted by Gasteiger charge is -2.39. The number of hydrogen-bond donors (Lipinski definition) is 1. The lowest BCUT2D eigenvalue weighted by Crippen LogP contribution is -2.56. The van der Waals surface area contributed by atoms with Crippen LogP contribution >= 0.6 is 11.8 Å². The van der Waals surface area contributed by atoms with Crippen LogP contribution in [-0.4, -0.2) is 69.5 Å². The van der Waals surface area contributed by atoms with Crippen LogP contribution < -0.4 is 0 Å². The first kappa shape index (κ1) is 14.7. The molecule has 0 aromatic rings. The number of amides is 1. The van der Waals surface area contributed by atoms with Gasteiger partial charge in [-0.1, -0.05) is 0 Å². The highest BCUT2D eigenvalue weighted by Gasteiger charge is 2.41. The molecule has 0 spiro atoms. The molecule has 6 heteroatoms. The molecule has 0 aliphatic carbocycles. The molecule has 1 amide bonds. The Balaban J connectivity index is 1.89. The molecular formula is C13H22N2O3S. The molecule has 2 aliphatic rings. The summed E-state index contributed by atoms with van der Waals surface area (Å²) < 4.78 is -0.249. The van der Waals surface area contributed by atoms with Gasteiger partial charge in [0.2, 0.25) is 5.91 Å². The lowest BCUT2D eigenvalue weighted by molar-refractivity contribution is -0.144. The number of thioether (sulfide) groups is 1. The molecule has 2 saturated heterocycles. The minimum absolute atomic E-state index is 0.234. The first-order valence-corrected chi connectivity index (χ1v) is 7.83. The van der Waals surface area contributed by atoms with Crippen LogP contribution in [0.1, 0.15) is 26.7 Å². The zero-order valence-electron chi connectivity index (χ0n) is 11.6. The third kappa shape index (κ3) is 3.05. The van der Waals surface area contributed by atoms with E-state index >= 15 is 0 Å². The van der Waals surface area contributed by atoms with Crippen molar-refractivity contribution < 1.29 is 14.7 Å². The molecule has 108 valence electrons. The minimum atomic E-state index is -0.793. The fourth-order valence-corrected chi connectivity index (χ4v) is 4.03. The number of carbonyl (C=O) groups is 2. The van der Waals surface area contributed by atoms with Gasteiger partial charge in [0, 0.05) is 26.2 Å². The highest BCUT2D eigenvalue weighted by molar-refractivity contribution is 8.01. The van der Waals surface area contributed by atoms with E-state index in [0.29, 0.717) is 26.2 Å². The standard InChI is InChI=1S/C13H22N2O3S/c1-10(11(16)17)14-5-7-15(8-6-14)12(18)13(2)4-3-9-19-13/h10H,3-9H2,1-2H3,(H,16,17). The molecule has 1 N–H and O–H groups in total. The molecule has 2 rings (SSSR count). The molecule has 0 bridgehead atoms. The van der Waals surface area contributed by atoms with Crippen LogP contribution in [0.2, 0.25) is 0 Å². The van der Waals surface area contributed by atoms with Crippen molar-refractivity contribution in [2.24, 2.45) is 0 Å². The fourth-order valence-electron chi connectivity index (χ4n) is 2.75. The summed E-state index contributed by atoms with van der Waals surface area (Å²) in [6.45, 7) is 6.34. The number of piperazine rings is 1. The van der Waals surface area contributed by atoms with E-state index in [-0.39, 0.29) is 10.7 Å². The molecule has 2 aliphatic heterocycles. The number of nitrogens with zero attached hydrogens (tertiary/aromatic N) is 2. The summed E-state index contributed by atoms with van der Waals surface area (Å²) in [5.41, 5.74) is 0. The van der Waals surface area contributed by atoms with Gasteiger partial charge < -0.3 is 10.0 Å². The Bertz CT molecular complexity index is 361. The van der Waals surface area contributed by atoms with Crippen molar-refractivity contribution in [1.29, 1.82) is 0 Å². The molecular weight excluding hydrogens is 264 g/mol. The van der Waals surface area contributed by atoms with Crippen molar-refractivity contribution in [3.05, 3.63) is 0 Å². The van der Waals surface area contributed by atoms with Gasteiger partial charge in [-0.25, -0.2) is 0 Å². The van der Waals surface area contributed by atoms with E-state index in [4.69, 9.17) is 5.11 Å². The van der Waals surface area contributed by atoms with Gasteiger partial charge in [-0.2, -0.15) is 0 Å². The van der Waals surface area contributed by atoms with Crippen LogP contribution in [0.5, 0.6) is 0 Å². The van der Waals surface area contributed by atoms with Gasteiger partial charge >= 0.3 is 5.97 Å². The Kier molecular flexibility index (Phi) is 4.40. The van der Waals surface area contributed by atoms with Crippen LogP contribution in [0, 0.1) is 0 Å². The molecule has 0 aromatic heterocycles. The number of carboxylic acids is 1. The Morgan fingerprint density at radius 3 is 2.37 bits per heavy atom. The molecule has 2 heterocycles. The summed E-state index contributed by atoms with van der Waals surface area (Å²) in [5, 5.41) is 9.00. The quantitative estimate of drug-likeness (QED) is 0.835. The van der Waals surface area contributed by atoms with Gasteiger partial charge in [0.1, 0.15) is 6.04 Å². The Morgan fingerprint density at radius 2 is 1.89 bits per heavy atom. The maximum absolute atomic E-state index is 12.5. The average molecular weight is 286 g/mol. The second-order valence-electron chi connectivity index (χ2n) is 5.53. The van der Waals surface area contributed by atoms with E-state index in [9.17, 15) is 9.59 Å². The van der Waals surface area contributed by atoms with E-state index in [1.807, 2.05) is 16.7 Å². The van der Waals surface area contributed by atoms with Gasteiger partial charge in [0.25, 0.3) is 0 Å². The van der Waals surface area contributed by atoms with Crippen molar-refractivity contribution >= 4 is 23.6 Å². The van der Waals surface area contributed by atoms with E-state index in [1.54, 1.807) is 18.7 Å². The van der Waals surface area contributed by atoms with E-state index in [1.165, 1.54) is 0 Å². The normalized spacial score (nSPS) is 30.3. The third-order valence-corrected chi connectivity index (χ3v) is 5.69. The number of aliphatic carboxylic acids is 1. The van der Waals surface area contributed by atoms with Crippen LogP contribution in [0.4, 0.5) is 0 Å². The van der Waals surface area contributed by atoms with E-state index in [0.717, 1.165) is 18.6 Å². The summed E-state index contributed by atoms with van der Waals surface area (Å²) in [6, 6.07) is -0.464. The molecule has 2 fully saturated rings. The van der Waals surface area contributed by atoms with Crippen molar-refractivity contribution in [1.82, 2.24) is 9.80 Å². The molecule has 0 radical (unpaired) electrons. The molecule has 2 atom stereocenters. The number of rotatable bonds is 3. The summed E-state index contributed by atoms with van der Waals surface area (Å²) in [5.74, 6) is 0.508. The largest absolute Gasteiger partial charge is 0.480 e. The summed E-state index contributed by atoms with van der Waals surface area (Å²) in [4.78, 5) is 27.3. The van der Waals surface area contributed by atoms with Crippen molar-refractivity contribution in [2.75, 3.05) is 31.9 Å². The number of carboxylic acid groups (broad SMARTS) is 1. The maximum atomic E-state index is 12.5. The van der Waals surface area contributed by atoms with Crippen molar-refractivity contribution in [2.45, 2.75) is 37.5 Å². The van der Waals surface area contributed by atoms with Gasteiger partial charge in [0.15, 0.2) is 0 Å². The molecule has 0 aromatic carbocycles. The lowest BCUT2D eigenvalue weighted by atomic mass is 10.0. The first-order valence-electron chi connectivity index (χ1n) is 6.84. The SMILES string of the molecule is CC(C(=O)O)N1CCN(C(=O)C2(C)CCCS2)CC1. The van der Waals surface area contributed by atoms with Crippen LogP contribution in [0.15, 0.2) is 0 Å². The smallest absolute Gasteiger partial charge is 0.320 e. The minimum Gasteiger partial charge on any atom is -0.480 e. The number of carbonyl (C=O) groups excluding carboxylic acids is 1. The monoisotopic (exact) mass is 286 g/mol. The van der Waals surface area contributed by atoms with Crippen molar-refractivity contribution in [3.8, 4) is 0 Å². The molecule has 5 nitrogen and oxygen atoms in total. The predicted molar refractivity (Wildman–Crippen MR) is 75.3 cm³/mol. The zero-order chi connectivity index (χ0) is 14.0. The molecule has 2 unspecified atom stereocenters. The first-order chi connectivity index (χ1) is 8.94. The van der Waals surface area contributed by atoms with E-state index < -0.39 is 12.0 Å². The third-order valence-electron chi connectivity index (χ3n) is 4.18. The van der Waals surface area contributed by atoms with Crippen molar-refractivity contribution in [3.63, 3.8) is 0 Å². The molecule has 19 heavy (non-hydrogen) atoms. The molecule has 0 saturated carbocycles. The van der Waals surface area contributed by atoms with Gasteiger partial charge in [-0.05, 0) is 32.4 Å². The van der Waals surface area contributed by atoms with Crippen LogP contribution in [0.25, 0.3) is 0 Å².